The van der Waals surface area contributed by atoms with Gasteiger partial charge in [0.2, 0.25) is 0 Å². The summed E-state index contributed by atoms with van der Waals surface area (Å²) in [4.78, 5) is 0. The van der Waals surface area contributed by atoms with E-state index in [9.17, 15) is 0 Å². The molecule has 0 saturated heterocycles. The predicted molar refractivity (Wildman–Crippen MR) is 91.6 cm³/mol. The second-order valence-corrected chi connectivity index (χ2v) is 4.88. The van der Waals surface area contributed by atoms with Crippen molar-refractivity contribution < 1.29 is 0 Å². The van der Waals surface area contributed by atoms with Crippen molar-refractivity contribution in [1.82, 2.24) is 0 Å². The molecule has 0 heteroatoms. The van der Waals surface area contributed by atoms with E-state index >= 15 is 0 Å². The molecule has 0 aliphatic heterocycles. The first-order chi connectivity index (χ1) is 9.81. The van der Waals surface area contributed by atoms with E-state index in [0.29, 0.717) is 0 Å². The van der Waals surface area contributed by atoms with Crippen molar-refractivity contribution >= 4 is 21.5 Å². The van der Waals surface area contributed by atoms with Crippen LogP contribution >= 0.6 is 0 Å². The minimum Gasteiger partial charge on any atom is -0.0683 e. The van der Waals surface area contributed by atoms with Crippen LogP contribution in [0.2, 0.25) is 0 Å². The summed E-state index contributed by atoms with van der Waals surface area (Å²) >= 11 is 0. The molecule has 104 valence electrons. The van der Waals surface area contributed by atoms with E-state index in [2.05, 4.69) is 62.4 Å². The van der Waals surface area contributed by atoms with Crippen molar-refractivity contribution in [2.24, 2.45) is 0 Å². The Bertz CT molecular complexity index is 645. The molecule has 20 heavy (non-hydrogen) atoms. The number of rotatable bonds is 2. The zero-order valence-corrected chi connectivity index (χ0v) is 13.0. The Morgan fingerprint density at radius 2 is 1.00 bits per heavy atom. The third kappa shape index (κ3) is 2.70. The molecular formula is C20H24. The van der Waals surface area contributed by atoms with E-state index in [1.165, 1.54) is 32.7 Å². The molecule has 0 spiro atoms. The molecule has 3 aromatic rings. The van der Waals surface area contributed by atoms with Crippen LogP contribution in [0.25, 0.3) is 21.5 Å². The van der Waals surface area contributed by atoms with E-state index in [1.54, 1.807) is 0 Å². The zero-order valence-electron chi connectivity index (χ0n) is 13.0. The average Bonchev–Trinajstić information content (AvgIpc) is 2.55. The van der Waals surface area contributed by atoms with Crippen molar-refractivity contribution in [3.8, 4) is 0 Å². The zero-order chi connectivity index (χ0) is 14.5. The maximum absolute atomic E-state index is 2.31. The standard InChI is InChI=1S/C18H18.C2H6/c1-3-13-5-9-17-15(11-13)7-8-16-12-14(4-2)6-10-18(16)17;1-2/h5-12H,3-4H2,1-2H3;1-2H3. The van der Waals surface area contributed by atoms with E-state index in [-0.39, 0.29) is 0 Å². The van der Waals surface area contributed by atoms with Crippen molar-refractivity contribution in [2.45, 2.75) is 40.5 Å². The summed E-state index contributed by atoms with van der Waals surface area (Å²) < 4.78 is 0. The van der Waals surface area contributed by atoms with Gasteiger partial charge < -0.3 is 0 Å². The molecule has 0 aliphatic rings. The summed E-state index contributed by atoms with van der Waals surface area (Å²) in [6.07, 6.45) is 2.20. The predicted octanol–water partition coefficient (Wildman–Crippen LogP) is 6.14. The molecule has 0 saturated carbocycles. The van der Waals surface area contributed by atoms with Gasteiger partial charge in [-0.1, -0.05) is 76.2 Å². The van der Waals surface area contributed by atoms with Gasteiger partial charge in [0, 0.05) is 0 Å². The SMILES string of the molecule is CC.CCc1ccc2c(ccc3cc(CC)ccc32)c1. The van der Waals surface area contributed by atoms with Gasteiger partial charge in [-0.05, 0) is 45.5 Å². The van der Waals surface area contributed by atoms with Gasteiger partial charge in [0.25, 0.3) is 0 Å². The quantitative estimate of drug-likeness (QED) is 0.487. The molecule has 0 nitrogen and oxygen atoms in total. The molecule has 0 amide bonds. The van der Waals surface area contributed by atoms with Gasteiger partial charge in [-0.3, -0.25) is 0 Å². The number of aryl methyl sites for hydroxylation is 2. The summed E-state index contributed by atoms with van der Waals surface area (Å²) in [7, 11) is 0. The van der Waals surface area contributed by atoms with E-state index in [4.69, 9.17) is 0 Å². The summed E-state index contributed by atoms with van der Waals surface area (Å²) in [5, 5.41) is 5.44. The van der Waals surface area contributed by atoms with Crippen molar-refractivity contribution in [3.63, 3.8) is 0 Å². The topological polar surface area (TPSA) is 0 Å². The molecular weight excluding hydrogens is 240 g/mol. The Morgan fingerprint density at radius 1 is 0.600 bits per heavy atom. The largest absolute Gasteiger partial charge is 0.0683 e. The number of fused-ring (bicyclic) bond motifs is 3. The van der Waals surface area contributed by atoms with E-state index in [1.807, 2.05) is 13.8 Å². The second-order valence-electron chi connectivity index (χ2n) is 4.88. The van der Waals surface area contributed by atoms with Crippen LogP contribution in [-0.4, -0.2) is 0 Å². The monoisotopic (exact) mass is 264 g/mol. The maximum Gasteiger partial charge on any atom is -0.0105 e. The van der Waals surface area contributed by atoms with Gasteiger partial charge in [0.15, 0.2) is 0 Å². The lowest BCUT2D eigenvalue weighted by Gasteiger charge is -2.07. The minimum atomic E-state index is 1.10. The average molecular weight is 264 g/mol. The van der Waals surface area contributed by atoms with Gasteiger partial charge >= 0.3 is 0 Å². The molecule has 0 aliphatic carbocycles. The first kappa shape index (κ1) is 14.6. The lowest BCUT2D eigenvalue weighted by molar-refractivity contribution is 1.14. The first-order valence-electron chi connectivity index (χ1n) is 7.76. The van der Waals surface area contributed by atoms with Crippen LogP contribution in [0, 0.1) is 0 Å². The van der Waals surface area contributed by atoms with Crippen LogP contribution < -0.4 is 0 Å². The highest BCUT2D eigenvalue weighted by molar-refractivity contribution is 6.07. The molecule has 0 aromatic heterocycles. The van der Waals surface area contributed by atoms with Gasteiger partial charge in [-0.2, -0.15) is 0 Å². The Kier molecular flexibility index (Phi) is 4.79. The molecule has 0 atom stereocenters. The Labute approximate surface area is 122 Å². The molecule has 3 rings (SSSR count). The van der Waals surface area contributed by atoms with Crippen molar-refractivity contribution in [1.29, 1.82) is 0 Å². The minimum absolute atomic E-state index is 1.10. The molecule has 3 aromatic carbocycles. The summed E-state index contributed by atoms with van der Waals surface area (Å²) in [6.45, 7) is 8.41. The van der Waals surface area contributed by atoms with Crippen LogP contribution in [0.3, 0.4) is 0 Å². The third-order valence-corrected chi connectivity index (χ3v) is 3.78. The smallest absolute Gasteiger partial charge is 0.0105 e. The maximum atomic E-state index is 2.31. The van der Waals surface area contributed by atoms with Crippen molar-refractivity contribution in [3.05, 3.63) is 59.7 Å². The van der Waals surface area contributed by atoms with E-state index in [0.717, 1.165) is 12.8 Å². The molecule has 0 unspecified atom stereocenters. The van der Waals surface area contributed by atoms with Gasteiger partial charge in [0.1, 0.15) is 0 Å². The number of hydrogen-bond donors (Lipinski definition) is 0. The highest BCUT2D eigenvalue weighted by Gasteiger charge is 2.02. The van der Waals surface area contributed by atoms with Gasteiger partial charge in [-0.15, -0.1) is 0 Å². The Hall–Kier alpha value is -1.82. The molecule has 0 N–H and O–H groups in total. The number of benzene rings is 3. The fourth-order valence-electron chi connectivity index (χ4n) is 2.61. The van der Waals surface area contributed by atoms with Crippen LogP contribution in [0.4, 0.5) is 0 Å². The fourth-order valence-corrected chi connectivity index (χ4v) is 2.61. The third-order valence-electron chi connectivity index (χ3n) is 3.78. The highest BCUT2D eigenvalue weighted by Crippen LogP contribution is 2.27. The van der Waals surface area contributed by atoms with Gasteiger partial charge in [-0.25, -0.2) is 0 Å². The number of hydrogen-bond acceptors (Lipinski definition) is 0. The van der Waals surface area contributed by atoms with Gasteiger partial charge in [0.05, 0.1) is 0 Å². The van der Waals surface area contributed by atoms with Crippen LogP contribution in [0.1, 0.15) is 38.8 Å². The molecule has 0 fully saturated rings. The molecule has 0 radical (unpaired) electrons. The Morgan fingerprint density at radius 3 is 1.35 bits per heavy atom. The lowest BCUT2D eigenvalue weighted by atomic mass is 9.98. The van der Waals surface area contributed by atoms with Crippen LogP contribution in [0.15, 0.2) is 48.5 Å². The molecule has 0 bridgehead atoms. The molecule has 0 heterocycles. The van der Waals surface area contributed by atoms with Crippen molar-refractivity contribution in [2.75, 3.05) is 0 Å². The highest BCUT2D eigenvalue weighted by atomic mass is 14.1. The van der Waals surface area contributed by atoms with Crippen LogP contribution in [-0.2, 0) is 12.8 Å². The fraction of sp³-hybridized carbons (Fsp3) is 0.300. The van der Waals surface area contributed by atoms with Crippen LogP contribution in [0.5, 0.6) is 0 Å². The Balaban J connectivity index is 0.000000704. The second kappa shape index (κ2) is 6.56. The summed E-state index contributed by atoms with van der Waals surface area (Å²) in [5.74, 6) is 0. The normalized spacial score (nSPS) is 10.4. The summed E-state index contributed by atoms with van der Waals surface area (Å²) in [5.41, 5.74) is 2.82. The lowest BCUT2D eigenvalue weighted by Crippen LogP contribution is -1.84. The van der Waals surface area contributed by atoms with E-state index < -0.39 is 0 Å². The summed E-state index contributed by atoms with van der Waals surface area (Å²) in [6, 6.07) is 18.1. The first-order valence-corrected chi connectivity index (χ1v) is 7.76.